The molecule has 1 amide bonds. The number of thiophene rings is 1. The standard InChI is InChI=1S/C20H26N4O2S/c1-12-16-18(22-15-5-3-2-4-10-23(15)19(16)25)27-17(12)20(26)24-13-6-7-14(24)11-21-9-8-13/h13-14,21H,2-11H2,1H3. The molecule has 2 aromatic heterocycles. The molecule has 2 atom stereocenters. The van der Waals surface area contributed by atoms with Crippen molar-refractivity contribution in [3.63, 3.8) is 0 Å². The molecule has 3 aliphatic rings. The Morgan fingerprint density at radius 1 is 1.19 bits per heavy atom. The third-order valence-corrected chi connectivity index (χ3v) is 7.67. The highest BCUT2D eigenvalue weighted by Crippen LogP contribution is 2.34. The average Bonchev–Trinajstić information content (AvgIpc) is 2.99. The quantitative estimate of drug-likeness (QED) is 0.818. The van der Waals surface area contributed by atoms with Crippen molar-refractivity contribution < 1.29 is 4.79 Å². The lowest BCUT2D eigenvalue weighted by Crippen LogP contribution is -2.42. The van der Waals surface area contributed by atoms with Crippen molar-refractivity contribution in [3.05, 3.63) is 26.6 Å². The smallest absolute Gasteiger partial charge is 0.264 e. The van der Waals surface area contributed by atoms with Crippen molar-refractivity contribution in [1.29, 1.82) is 0 Å². The van der Waals surface area contributed by atoms with Gasteiger partial charge >= 0.3 is 0 Å². The molecule has 2 bridgehead atoms. The summed E-state index contributed by atoms with van der Waals surface area (Å²) in [5.74, 6) is 0.996. The lowest BCUT2D eigenvalue weighted by molar-refractivity contribution is 0.0685. The van der Waals surface area contributed by atoms with E-state index >= 15 is 0 Å². The molecule has 2 unspecified atom stereocenters. The molecule has 6 nitrogen and oxygen atoms in total. The van der Waals surface area contributed by atoms with Gasteiger partial charge in [0.1, 0.15) is 10.7 Å². The molecular formula is C20H26N4O2S. The molecule has 5 rings (SSSR count). The highest BCUT2D eigenvalue weighted by molar-refractivity contribution is 7.20. The summed E-state index contributed by atoms with van der Waals surface area (Å²) in [6, 6.07) is 0.605. The van der Waals surface area contributed by atoms with Crippen LogP contribution in [0.2, 0.25) is 0 Å². The lowest BCUT2D eigenvalue weighted by atomic mass is 10.1. The van der Waals surface area contributed by atoms with Crippen LogP contribution < -0.4 is 10.9 Å². The maximum absolute atomic E-state index is 13.5. The molecule has 0 aliphatic carbocycles. The molecule has 0 saturated carbocycles. The van der Waals surface area contributed by atoms with Crippen molar-refractivity contribution in [1.82, 2.24) is 19.8 Å². The van der Waals surface area contributed by atoms with Gasteiger partial charge in [0.2, 0.25) is 0 Å². The van der Waals surface area contributed by atoms with Gasteiger partial charge in [-0.05, 0) is 51.1 Å². The molecule has 27 heavy (non-hydrogen) atoms. The fraction of sp³-hybridized carbons (Fsp3) is 0.650. The van der Waals surface area contributed by atoms with Crippen molar-refractivity contribution in [3.8, 4) is 0 Å². The minimum Gasteiger partial charge on any atom is -0.331 e. The molecule has 1 N–H and O–H groups in total. The van der Waals surface area contributed by atoms with Crippen LogP contribution in [0.4, 0.5) is 0 Å². The van der Waals surface area contributed by atoms with Gasteiger partial charge in [0, 0.05) is 31.6 Å². The van der Waals surface area contributed by atoms with Gasteiger partial charge in [-0.1, -0.05) is 6.42 Å². The van der Waals surface area contributed by atoms with E-state index in [9.17, 15) is 9.59 Å². The summed E-state index contributed by atoms with van der Waals surface area (Å²) >= 11 is 1.42. The molecule has 2 aromatic rings. The van der Waals surface area contributed by atoms with Crippen molar-refractivity contribution in [2.45, 2.75) is 70.5 Å². The zero-order valence-corrected chi connectivity index (χ0v) is 16.6. The molecule has 0 spiro atoms. The first-order chi connectivity index (χ1) is 13.1. The fourth-order valence-electron chi connectivity index (χ4n) is 5.05. The first-order valence-corrected chi connectivity index (χ1v) is 11.0. The van der Waals surface area contributed by atoms with Crippen LogP contribution in [0.15, 0.2) is 4.79 Å². The van der Waals surface area contributed by atoms with Crippen LogP contribution in [0, 0.1) is 6.92 Å². The summed E-state index contributed by atoms with van der Waals surface area (Å²) in [4.78, 5) is 35.0. The van der Waals surface area contributed by atoms with Crippen LogP contribution in [0.25, 0.3) is 10.2 Å². The molecule has 7 heteroatoms. The van der Waals surface area contributed by atoms with Crippen LogP contribution >= 0.6 is 11.3 Å². The van der Waals surface area contributed by atoms with E-state index in [0.29, 0.717) is 16.3 Å². The maximum atomic E-state index is 13.5. The zero-order chi connectivity index (χ0) is 18.5. The van der Waals surface area contributed by atoms with Gasteiger partial charge in [-0.3, -0.25) is 14.2 Å². The summed E-state index contributed by atoms with van der Waals surface area (Å²) < 4.78 is 1.85. The van der Waals surface area contributed by atoms with Crippen LogP contribution in [0.3, 0.4) is 0 Å². The highest BCUT2D eigenvalue weighted by atomic mass is 32.1. The summed E-state index contributed by atoms with van der Waals surface area (Å²) in [5.41, 5.74) is 0.874. The Balaban J connectivity index is 1.60. The van der Waals surface area contributed by atoms with Gasteiger partial charge in [0.25, 0.3) is 11.5 Å². The van der Waals surface area contributed by atoms with Gasteiger partial charge in [0.05, 0.1) is 10.3 Å². The monoisotopic (exact) mass is 386 g/mol. The summed E-state index contributed by atoms with van der Waals surface area (Å²) in [6.07, 6.45) is 7.29. The lowest BCUT2D eigenvalue weighted by Gasteiger charge is -2.27. The third kappa shape index (κ3) is 2.74. The molecule has 0 aromatic carbocycles. The molecule has 2 saturated heterocycles. The van der Waals surface area contributed by atoms with E-state index in [4.69, 9.17) is 4.98 Å². The number of nitrogens with zero attached hydrogens (tertiary/aromatic N) is 3. The Morgan fingerprint density at radius 3 is 2.93 bits per heavy atom. The minimum atomic E-state index is 0.0465. The molecule has 144 valence electrons. The Bertz CT molecular complexity index is 949. The maximum Gasteiger partial charge on any atom is 0.264 e. The molecular weight excluding hydrogens is 360 g/mol. The van der Waals surface area contributed by atoms with Crippen LogP contribution in [-0.2, 0) is 13.0 Å². The third-order valence-electron chi connectivity index (χ3n) is 6.49. The number of hydrogen-bond donors (Lipinski definition) is 1. The number of fused-ring (bicyclic) bond motifs is 4. The predicted octanol–water partition coefficient (Wildman–Crippen LogP) is 2.46. The Kier molecular flexibility index (Phi) is 4.31. The molecule has 5 heterocycles. The number of aryl methyl sites for hydroxylation is 2. The van der Waals surface area contributed by atoms with Gasteiger partial charge < -0.3 is 10.2 Å². The van der Waals surface area contributed by atoms with Crippen LogP contribution in [0.1, 0.15) is 59.6 Å². The Hall–Kier alpha value is -1.73. The van der Waals surface area contributed by atoms with Crippen molar-refractivity contribution in [2.75, 3.05) is 13.1 Å². The van der Waals surface area contributed by atoms with E-state index in [1.165, 1.54) is 11.3 Å². The minimum absolute atomic E-state index is 0.0465. The fourth-order valence-corrected chi connectivity index (χ4v) is 6.18. The summed E-state index contributed by atoms with van der Waals surface area (Å²) in [5, 5.41) is 4.11. The predicted molar refractivity (Wildman–Crippen MR) is 107 cm³/mol. The second-order valence-corrected chi connectivity index (χ2v) is 9.12. The van der Waals surface area contributed by atoms with Gasteiger partial charge in [-0.25, -0.2) is 4.98 Å². The second kappa shape index (κ2) is 6.71. The van der Waals surface area contributed by atoms with Crippen molar-refractivity contribution >= 4 is 27.5 Å². The molecule has 0 radical (unpaired) electrons. The van der Waals surface area contributed by atoms with E-state index in [-0.39, 0.29) is 17.5 Å². The largest absolute Gasteiger partial charge is 0.331 e. The van der Waals surface area contributed by atoms with Gasteiger partial charge in [-0.2, -0.15) is 0 Å². The number of nitrogens with one attached hydrogen (secondary N) is 1. The number of carbonyl (C=O) groups is 1. The number of hydrogen-bond acceptors (Lipinski definition) is 5. The number of aromatic nitrogens is 2. The highest BCUT2D eigenvalue weighted by Gasteiger charge is 2.39. The van der Waals surface area contributed by atoms with Gasteiger partial charge in [-0.15, -0.1) is 11.3 Å². The topological polar surface area (TPSA) is 67.2 Å². The Labute approximate surface area is 162 Å². The number of amides is 1. The number of carbonyl (C=O) groups excluding carboxylic acids is 1. The van der Waals surface area contributed by atoms with E-state index in [1.54, 1.807) is 0 Å². The summed E-state index contributed by atoms with van der Waals surface area (Å²) in [6.45, 7) is 4.53. The molecule has 3 aliphatic heterocycles. The normalized spacial score (nSPS) is 25.3. The van der Waals surface area contributed by atoms with E-state index in [1.807, 2.05) is 11.5 Å². The van der Waals surface area contributed by atoms with Crippen LogP contribution in [0.5, 0.6) is 0 Å². The first kappa shape index (κ1) is 17.4. The van der Waals surface area contributed by atoms with Crippen LogP contribution in [-0.4, -0.2) is 45.5 Å². The molecule has 2 fully saturated rings. The van der Waals surface area contributed by atoms with E-state index in [0.717, 1.165) is 80.8 Å². The van der Waals surface area contributed by atoms with E-state index in [2.05, 4.69) is 10.2 Å². The number of rotatable bonds is 1. The second-order valence-electron chi connectivity index (χ2n) is 8.12. The summed E-state index contributed by atoms with van der Waals surface area (Å²) in [7, 11) is 0. The average molecular weight is 387 g/mol. The zero-order valence-electron chi connectivity index (χ0n) is 15.8. The van der Waals surface area contributed by atoms with Crippen molar-refractivity contribution in [2.24, 2.45) is 0 Å². The van der Waals surface area contributed by atoms with E-state index < -0.39 is 0 Å². The SMILES string of the molecule is Cc1c(C(=O)N2C3CCNCC2CC3)sc2nc3n(c(=O)c12)CCCCC3. The first-order valence-electron chi connectivity index (χ1n) is 10.2. The Morgan fingerprint density at radius 2 is 2.04 bits per heavy atom. The van der Waals surface area contributed by atoms with Gasteiger partial charge in [0.15, 0.2) is 0 Å².